The first-order chi connectivity index (χ1) is 7.41. The molecule has 1 aromatic rings. The highest BCUT2D eigenvalue weighted by Gasteiger charge is 2.23. The summed E-state index contributed by atoms with van der Waals surface area (Å²) in [4.78, 5) is 14.6. The van der Waals surface area contributed by atoms with Gasteiger partial charge in [-0.1, -0.05) is 0 Å². The minimum absolute atomic E-state index is 0.161. The summed E-state index contributed by atoms with van der Waals surface area (Å²) in [5, 5.41) is 19.3. The van der Waals surface area contributed by atoms with E-state index in [0.717, 1.165) is 0 Å². The Morgan fingerprint density at radius 2 is 2.12 bits per heavy atom. The molecule has 0 aliphatic heterocycles. The summed E-state index contributed by atoms with van der Waals surface area (Å²) in [6.07, 6.45) is -2.95. The van der Waals surface area contributed by atoms with Crippen LogP contribution in [0.25, 0.3) is 0 Å². The largest absolute Gasteiger partial charge is 0.397 e. The Kier molecular flexibility index (Phi) is 3.81. The highest BCUT2D eigenvalue weighted by molar-refractivity contribution is 5.74. The van der Waals surface area contributed by atoms with Crippen LogP contribution in [-0.2, 0) is 4.79 Å². The molecule has 6 N–H and O–H groups in total. The average molecular weight is 225 g/mol. The van der Waals surface area contributed by atoms with Crippen molar-refractivity contribution in [3.63, 3.8) is 0 Å². The van der Waals surface area contributed by atoms with Crippen LogP contribution < -0.4 is 11.5 Å². The topological polar surface area (TPSA) is 122 Å². The third-order valence-corrected chi connectivity index (χ3v) is 2.15. The molecule has 0 aliphatic carbocycles. The van der Waals surface area contributed by atoms with Crippen LogP contribution in [0.3, 0.4) is 0 Å². The van der Waals surface area contributed by atoms with Crippen molar-refractivity contribution < 1.29 is 15.0 Å². The van der Waals surface area contributed by atoms with E-state index in [2.05, 4.69) is 4.98 Å². The van der Waals surface area contributed by atoms with Crippen LogP contribution in [0.1, 0.15) is 23.9 Å². The molecule has 0 saturated carbocycles. The van der Waals surface area contributed by atoms with Crippen molar-refractivity contribution in [1.82, 2.24) is 4.98 Å². The predicted molar refractivity (Wildman–Crippen MR) is 58.2 cm³/mol. The van der Waals surface area contributed by atoms with Crippen molar-refractivity contribution in [3.8, 4) is 0 Å². The number of primary amides is 1. The van der Waals surface area contributed by atoms with E-state index in [1.165, 1.54) is 0 Å². The lowest BCUT2D eigenvalue weighted by Crippen LogP contribution is -2.26. The molecule has 2 atom stereocenters. The average Bonchev–Trinajstić information content (AvgIpc) is 2.19. The first-order valence-electron chi connectivity index (χ1n) is 4.79. The number of rotatable bonds is 4. The Morgan fingerprint density at radius 3 is 2.69 bits per heavy atom. The summed E-state index contributed by atoms with van der Waals surface area (Å²) < 4.78 is 0. The quantitative estimate of drug-likeness (QED) is 0.536. The monoisotopic (exact) mass is 225 g/mol. The summed E-state index contributed by atoms with van der Waals surface area (Å²) in [7, 11) is 0. The minimum atomic E-state index is -1.31. The SMILES string of the molecule is Cc1ccc(N)c(C(O)C(O)CC(N)=O)n1. The molecule has 0 fully saturated rings. The Morgan fingerprint density at radius 1 is 1.50 bits per heavy atom. The first-order valence-corrected chi connectivity index (χ1v) is 4.79. The molecule has 0 aliphatic rings. The molecule has 16 heavy (non-hydrogen) atoms. The van der Waals surface area contributed by atoms with Gasteiger partial charge in [-0.3, -0.25) is 9.78 Å². The van der Waals surface area contributed by atoms with Gasteiger partial charge in [-0.25, -0.2) is 0 Å². The van der Waals surface area contributed by atoms with E-state index in [1.807, 2.05) is 0 Å². The van der Waals surface area contributed by atoms with E-state index in [4.69, 9.17) is 11.5 Å². The number of carbonyl (C=O) groups excluding carboxylic acids is 1. The van der Waals surface area contributed by atoms with Gasteiger partial charge in [-0.2, -0.15) is 0 Å². The lowest BCUT2D eigenvalue weighted by Gasteiger charge is -2.17. The lowest BCUT2D eigenvalue weighted by atomic mass is 10.1. The number of anilines is 1. The van der Waals surface area contributed by atoms with Gasteiger partial charge in [0.1, 0.15) is 6.10 Å². The van der Waals surface area contributed by atoms with Crippen LogP contribution >= 0.6 is 0 Å². The summed E-state index contributed by atoms with van der Waals surface area (Å²) >= 11 is 0. The van der Waals surface area contributed by atoms with Crippen LogP contribution in [0.2, 0.25) is 0 Å². The fourth-order valence-electron chi connectivity index (χ4n) is 1.32. The molecule has 0 saturated heterocycles. The number of hydrogen-bond acceptors (Lipinski definition) is 5. The molecule has 1 rings (SSSR count). The van der Waals surface area contributed by atoms with Gasteiger partial charge < -0.3 is 21.7 Å². The number of pyridine rings is 1. The van der Waals surface area contributed by atoms with E-state index in [0.29, 0.717) is 5.69 Å². The highest BCUT2D eigenvalue weighted by Crippen LogP contribution is 2.22. The van der Waals surface area contributed by atoms with Crippen molar-refractivity contribution in [2.45, 2.75) is 25.6 Å². The number of aliphatic hydroxyl groups excluding tert-OH is 2. The normalized spacial score (nSPS) is 14.4. The van der Waals surface area contributed by atoms with Gasteiger partial charge >= 0.3 is 0 Å². The zero-order valence-electron chi connectivity index (χ0n) is 8.92. The third-order valence-electron chi connectivity index (χ3n) is 2.15. The molecular formula is C10H15N3O3. The molecule has 6 heteroatoms. The number of carbonyl (C=O) groups is 1. The van der Waals surface area contributed by atoms with E-state index in [-0.39, 0.29) is 17.8 Å². The van der Waals surface area contributed by atoms with Crippen LogP contribution in [0.15, 0.2) is 12.1 Å². The zero-order valence-corrected chi connectivity index (χ0v) is 8.92. The van der Waals surface area contributed by atoms with Gasteiger partial charge in [0.05, 0.1) is 23.9 Å². The number of nitrogens with two attached hydrogens (primary N) is 2. The first kappa shape index (κ1) is 12.4. The number of nitrogens with zero attached hydrogens (tertiary/aromatic N) is 1. The molecule has 0 bridgehead atoms. The Bertz CT molecular complexity index is 395. The molecule has 2 unspecified atom stereocenters. The van der Waals surface area contributed by atoms with Crippen molar-refractivity contribution in [1.29, 1.82) is 0 Å². The maximum Gasteiger partial charge on any atom is 0.220 e. The molecule has 6 nitrogen and oxygen atoms in total. The van der Waals surface area contributed by atoms with E-state index < -0.39 is 18.1 Å². The molecule has 88 valence electrons. The van der Waals surface area contributed by atoms with Gasteiger partial charge in [0, 0.05) is 5.69 Å². The molecule has 1 aromatic heterocycles. The van der Waals surface area contributed by atoms with Gasteiger partial charge in [0.25, 0.3) is 0 Å². The van der Waals surface area contributed by atoms with Crippen LogP contribution in [0.4, 0.5) is 5.69 Å². The van der Waals surface area contributed by atoms with E-state index in [9.17, 15) is 15.0 Å². The number of amides is 1. The maximum atomic E-state index is 10.6. The van der Waals surface area contributed by atoms with E-state index >= 15 is 0 Å². The second kappa shape index (κ2) is 4.91. The molecular weight excluding hydrogens is 210 g/mol. The third kappa shape index (κ3) is 2.91. The van der Waals surface area contributed by atoms with Crippen molar-refractivity contribution in [2.75, 3.05) is 5.73 Å². The molecule has 0 radical (unpaired) electrons. The molecule has 0 spiro atoms. The lowest BCUT2D eigenvalue weighted by molar-refractivity contribution is -0.121. The van der Waals surface area contributed by atoms with Crippen molar-refractivity contribution >= 4 is 11.6 Å². The van der Waals surface area contributed by atoms with Crippen LogP contribution in [0.5, 0.6) is 0 Å². The van der Waals surface area contributed by atoms with Gasteiger partial charge in [0.15, 0.2) is 0 Å². The minimum Gasteiger partial charge on any atom is -0.397 e. The Balaban J connectivity index is 2.90. The van der Waals surface area contributed by atoms with Gasteiger partial charge in [0.2, 0.25) is 5.91 Å². The summed E-state index contributed by atoms with van der Waals surface area (Å²) in [6, 6.07) is 3.27. The number of hydrogen-bond donors (Lipinski definition) is 4. The summed E-state index contributed by atoms with van der Waals surface area (Å²) in [5.41, 5.74) is 11.6. The number of aromatic nitrogens is 1. The van der Waals surface area contributed by atoms with Gasteiger partial charge in [-0.05, 0) is 19.1 Å². The number of aliphatic hydroxyl groups is 2. The Hall–Kier alpha value is -1.66. The second-order valence-electron chi connectivity index (χ2n) is 3.61. The maximum absolute atomic E-state index is 10.6. The van der Waals surface area contributed by atoms with Crippen LogP contribution in [0, 0.1) is 6.92 Å². The number of aryl methyl sites for hydroxylation is 1. The smallest absolute Gasteiger partial charge is 0.220 e. The zero-order chi connectivity index (χ0) is 12.3. The van der Waals surface area contributed by atoms with Gasteiger partial charge in [-0.15, -0.1) is 0 Å². The Labute approximate surface area is 92.9 Å². The second-order valence-corrected chi connectivity index (χ2v) is 3.61. The number of nitrogen functional groups attached to an aromatic ring is 1. The van der Waals surface area contributed by atoms with Crippen LogP contribution in [-0.4, -0.2) is 27.2 Å². The summed E-state index contributed by atoms with van der Waals surface area (Å²) in [6.45, 7) is 1.73. The molecule has 0 aromatic carbocycles. The fraction of sp³-hybridized carbons (Fsp3) is 0.400. The standard InChI is InChI=1S/C10H15N3O3/c1-5-2-3-6(11)9(13-5)10(16)7(14)4-8(12)15/h2-3,7,10,14,16H,4,11H2,1H3,(H2,12,15). The molecule has 1 heterocycles. The van der Waals surface area contributed by atoms with Crippen molar-refractivity contribution in [2.24, 2.45) is 5.73 Å². The summed E-state index contributed by atoms with van der Waals surface area (Å²) in [5.74, 6) is -0.697. The fourth-order valence-corrected chi connectivity index (χ4v) is 1.32. The van der Waals surface area contributed by atoms with E-state index in [1.54, 1.807) is 19.1 Å². The predicted octanol–water partition coefficient (Wildman–Crippen LogP) is -0.758. The molecule has 1 amide bonds. The highest BCUT2D eigenvalue weighted by atomic mass is 16.3. The van der Waals surface area contributed by atoms with Crippen molar-refractivity contribution in [3.05, 3.63) is 23.5 Å².